The summed E-state index contributed by atoms with van der Waals surface area (Å²) in [6, 6.07) is 17.8. The van der Waals surface area contributed by atoms with Gasteiger partial charge in [0.15, 0.2) is 0 Å². The highest BCUT2D eigenvalue weighted by Crippen LogP contribution is 2.55. The van der Waals surface area contributed by atoms with Crippen molar-refractivity contribution in [1.29, 1.82) is 0 Å². The summed E-state index contributed by atoms with van der Waals surface area (Å²) in [5.41, 5.74) is 5.92. The fourth-order valence-electron chi connectivity index (χ4n) is 8.65. The minimum Gasteiger partial charge on any atom is -0.340 e. The van der Waals surface area contributed by atoms with Gasteiger partial charge in [-0.05, 0) is 98.9 Å². The molecule has 36 heavy (non-hydrogen) atoms. The number of rotatable bonds is 4. The number of amides is 1. The zero-order valence-corrected chi connectivity index (χ0v) is 21.8. The molecular formula is C32H39N3O. The van der Waals surface area contributed by atoms with Gasteiger partial charge < -0.3 is 9.47 Å². The molecule has 1 aliphatic heterocycles. The molecule has 1 aromatic heterocycles. The summed E-state index contributed by atoms with van der Waals surface area (Å²) in [5, 5.41) is 1.21. The Morgan fingerprint density at radius 2 is 1.50 bits per heavy atom. The molecule has 5 fully saturated rings. The van der Waals surface area contributed by atoms with Gasteiger partial charge >= 0.3 is 0 Å². The van der Waals surface area contributed by atoms with Crippen LogP contribution in [0.5, 0.6) is 0 Å². The smallest absolute Gasteiger partial charge is 0.253 e. The highest BCUT2D eigenvalue weighted by Gasteiger charge is 2.50. The van der Waals surface area contributed by atoms with E-state index in [1.165, 1.54) is 59.8 Å². The molecule has 0 unspecified atom stereocenters. The van der Waals surface area contributed by atoms with E-state index in [1.807, 2.05) is 0 Å². The highest BCUT2D eigenvalue weighted by molar-refractivity contribution is 5.99. The van der Waals surface area contributed by atoms with Gasteiger partial charge in [0.2, 0.25) is 0 Å². The first-order valence-electron chi connectivity index (χ1n) is 14.2. The first-order valence-corrected chi connectivity index (χ1v) is 14.2. The lowest BCUT2D eigenvalue weighted by Crippen LogP contribution is -2.60. The number of fused-ring (bicyclic) bond motifs is 1. The third-order valence-electron chi connectivity index (χ3n) is 10.3. The van der Waals surface area contributed by atoms with Crippen molar-refractivity contribution in [3.63, 3.8) is 0 Å². The van der Waals surface area contributed by atoms with Gasteiger partial charge in [-0.1, -0.05) is 30.3 Å². The minimum atomic E-state index is 0.203. The van der Waals surface area contributed by atoms with Crippen LogP contribution in [0.2, 0.25) is 0 Å². The number of aromatic nitrogens is 1. The highest BCUT2D eigenvalue weighted by atomic mass is 16.2. The Kier molecular flexibility index (Phi) is 5.50. The maximum atomic E-state index is 13.6. The molecule has 0 radical (unpaired) electrons. The number of hydrogen-bond acceptors (Lipinski definition) is 2. The molecular weight excluding hydrogens is 442 g/mol. The van der Waals surface area contributed by atoms with Crippen LogP contribution in [0.1, 0.15) is 59.3 Å². The predicted octanol–water partition coefficient (Wildman–Crippen LogP) is 5.89. The van der Waals surface area contributed by atoms with Crippen molar-refractivity contribution in [2.45, 2.75) is 58.5 Å². The summed E-state index contributed by atoms with van der Waals surface area (Å²) in [4.78, 5) is 18.4. The minimum absolute atomic E-state index is 0.203. The van der Waals surface area contributed by atoms with Gasteiger partial charge in [0, 0.05) is 60.9 Å². The number of piperazine rings is 1. The number of benzene rings is 2. The number of nitrogens with zero attached hydrogens (tertiary/aromatic N) is 3. The second kappa shape index (κ2) is 8.76. The average molecular weight is 482 g/mol. The second-order valence-corrected chi connectivity index (χ2v) is 12.3. The van der Waals surface area contributed by atoms with Crippen LogP contribution in [0.3, 0.4) is 0 Å². The van der Waals surface area contributed by atoms with Crippen LogP contribution < -0.4 is 0 Å². The molecule has 2 aromatic carbocycles. The average Bonchev–Trinajstić information content (AvgIpc) is 3.13. The predicted molar refractivity (Wildman–Crippen MR) is 145 cm³/mol. The maximum absolute atomic E-state index is 13.6. The lowest BCUT2D eigenvalue weighted by Gasteiger charge is -2.58. The van der Waals surface area contributed by atoms with Crippen LogP contribution in [0.4, 0.5) is 0 Å². The van der Waals surface area contributed by atoms with Crippen molar-refractivity contribution in [3.05, 3.63) is 70.9 Å². The van der Waals surface area contributed by atoms with Crippen LogP contribution in [0, 0.1) is 37.5 Å². The van der Waals surface area contributed by atoms with E-state index in [1.54, 1.807) is 0 Å². The molecule has 188 valence electrons. The van der Waals surface area contributed by atoms with E-state index in [0.717, 1.165) is 68.0 Å². The van der Waals surface area contributed by atoms with E-state index in [4.69, 9.17) is 0 Å². The molecule has 0 spiro atoms. The second-order valence-electron chi connectivity index (χ2n) is 12.3. The Bertz CT molecular complexity index is 1260. The standard InChI is InChI=1S/C32H39N3O/c1-21-22(2)35(20-23-6-4-3-5-7-23)30-9-8-26(19-29(21)30)32(36)34-12-10-33(11-13-34)31-27-15-24-14-25(17-27)18-28(31)16-24/h3-9,19,24-25,27-28,31H,10-18,20H2,1-2H3. The third kappa shape index (κ3) is 3.72. The Morgan fingerprint density at radius 3 is 2.17 bits per heavy atom. The van der Waals surface area contributed by atoms with Gasteiger partial charge in [-0.15, -0.1) is 0 Å². The first kappa shape index (κ1) is 22.6. The molecule has 1 saturated heterocycles. The molecule has 4 saturated carbocycles. The van der Waals surface area contributed by atoms with E-state index in [0.29, 0.717) is 0 Å². The molecule has 3 aromatic rings. The van der Waals surface area contributed by atoms with E-state index >= 15 is 0 Å². The van der Waals surface area contributed by atoms with Crippen LogP contribution in [0.25, 0.3) is 10.9 Å². The Hall–Kier alpha value is -2.59. The normalized spacial score (nSPS) is 29.8. The van der Waals surface area contributed by atoms with Crippen LogP contribution >= 0.6 is 0 Å². The molecule has 4 bridgehead atoms. The zero-order chi connectivity index (χ0) is 24.4. The number of hydrogen-bond donors (Lipinski definition) is 0. The number of carbonyl (C=O) groups is 1. The monoisotopic (exact) mass is 481 g/mol. The molecule has 5 aliphatic rings. The number of carbonyl (C=O) groups excluding carboxylic acids is 1. The molecule has 4 aliphatic carbocycles. The molecule has 0 atom stereocenters. The fourth-order valence-corrected chi connectivity index (χ4v) is 8.65. The Labute approximate surface area is 215 Å². The van der Waals surface area contributed by atoms with Gasteiger partial charge in [0.1, 0.15) is 0 Å². The summed E-state index contributed by atoms with van der Waals surface area (Å²) in [6.45, 7) is 9.08. The molecule has 8 rings (SSSR count). The van der Waals surface area contributed by atoms with Crippen molar-refractivity contribution in [1.82, 2.24) is 14.4 Å². The fraction of sp³-hybridized carbons (Fsp3) is 0.531. The first-order chi connectivity index (χ1) is 17.5. The summed E-state index contributed by atoms with van der Waals surface area (Å²) >= 11 is 0. The summed E-state index contributed by atoms with van der Waals surface area (Å²) in [6.07, 6.45) is 7.40. The van der Waals surface area contributed by atoms with Crippen molar-refractivity contribution < 1.29 is 4.79 Å². The van der Waals surface area contributed by atoms with Gasteiger partial charge in [0.25, 0.3) is 5.91 Å². The van der Waals surface area contributed by atoms with E-state index < -0.39 is 0 Å². The van der Waals surface area contributed by atoms with Crippen molar-refractivity contribution in [2.75, 3.05) is 26.2 Å². The van der Waals surface area contributed by atoms with Crippen molar-refractivity contribution >= 4 is 16.8 Å². The van der Waals surface area contributed by atoms with E-state index in [-0.39, 0.29) is 5.91 Å². The van der Waals surface area contributed by atoms with Crippen LogP contribution in [0.15, 0.2) is 48.5 Å². The molecule has 4 heteroatoms. The summed E-state index contributed by atoms with van der Waals surface area (Å²) < 4.78 is 2.39. The van der Waals surface area contributed by atoms with Crippen molar-refractivity contribution in [3.8, 4) is 0 Å². The lowest BCUT2D eigenvalue weighted by atomic mass is 9.54. The SMILES string of the molecule is Cc1c(C)n(Cc2ccccc2)c2ccc(C(=O)N3CCN(C4C5CC6CC(C5)CC4C6)CC3)cc12. The van der Waals surface area contributed by atoms with Gasteiger partial charge in [-0.2, -0.15) is 0 Å². The molecule has 2 heterocycles. The quantitative estimate of drug-likeness (QED) is 0.465. The van der Waals surface area contributed by atoms with Gasteiger partial charge in [-0.25, -0.2) is 0 Å². The largest absolute Gasteiger partial charge is 0.340 e. The lowest BCUT2D eigenvalue weighted by molar-refractivity contribution is -0.0743. The Morgan fingerprint density at radius 1 is 0.833 bits per heavy atom. The van der Waals surface area contributed by atoms with E-state index in [9.17, 15) is 4.79 Å². The molecule has 1 amide bonds. The van der Waals surface area contributed by atoms with Crippen molar-refractivity contribution in [2.24, 2.45) is 23.7 Å². The van der Waals surface area contributed by atoms with Crippen LogP contribution in [-0.2, 0) is 6.54 Å². The third-order valence-corrected chi connectivity index (χ3v) is 10.3. The van der Waals surface area contributed by atoms with E-state index in [2.05, 4.69) is 76.7 Å². The van der Waals surface area contributed by atoms with Crippen LogP contribution in [-0.4, -0.2) is 52.5 Å². The summed E-state index contributed by atoms with van der Waals surface area (Å²) in [5.74, 6) is 4.11. The molecule has 0 N–H and O–H groups in total. The summed E-state index contributed by atoms with van der Waals surface area (Å²) in [7, 11) is 0. The topological polar surface area (TPSA) is 28.5 Å². The number of aryl methyl sites for hydroxylation is 1. The van der Waals surface area contributed by atoms with Gasteiger partial charge in [-0.3, -0.25) is 9.69 Å². The van der Waals surface area contributed by atoms with Gasteiger partial charge in [0.05, 0.1) is 0 Å². The molecule has 4 nitrogen and oxygen atoms in total. The zero-order valence-electron chi connectivity index (χ0n) is 21.8. The maximum Gasteiger partial charge on any atom is 0.253 e. The Balaban J connectivity index is 1.06.